The highest BCUT2D eigenvalue weighted by atomic mass is 16.5. The van der Waals surface area contributed by atoms with Crippen molar-refractivity contribution < 1.29 is 19.1 Å². The van der Waals surface area contributed by atoms with Gasteiger partial charge in [-0.25, -0.2) is 15.0 Å². The van der Waals surface area contributed by atoms with Crippen LogP contribution in [-0.2, 0) is 14.3 Å². The third-order valence-electron chi connectivity index (χ3n) is 3.57. The first kappa shape index (κ1) is 20.5. The van der Waals surface area contributed by atoms with E-state index in [1.165, 1.54) is 21.1 Å². The van der Waals surface area contributed by atoms with Crippen molar-refractivity contribution in [2.45, 2.75) is 6.92 Å². The molecule has 0 fully saturated rings. The van der Waals surface area contributed by atoms with Gasteiger partial charge in [-0.1, -0.05) is 60.7 Å². The normalized spacial score (nSPS) is 11.4. The Balaban J connectivity index is 2.50. The fraction of sp³-hybridized carbons (Fsp3) is 0.150. The van der Waals surface area contributed by atoms with Crippen LogP contribution in [0, 0.1) is 0 Å². The molecule has 0 saturated carbocycles. The SMILES string of the molecule is COC(=O)N/N=C(C)/C(=N/N=C(c1ccccc1)c1ccccc1)C(=O)OC. The summed E-state index contributed by atoms with van der Waals surface area (Å²) in [6.07, 6.45) is -0.777. The molecule has 0 aliphatic rings. The summed E-state index contributed by atoms with van der Waals surface area (Å²) in [6.45, 7) is 1.49. The van der Waals surface area contributed by atoms with Crippen LogP contribution >= 0.6 is 0 Å². The average molecular weight is 380 g/mol. The zero-order valence-electron chi connectivity index (χ0n) is 15.7. The first-order valence-corrected chi connectivity index (χ1v) is 8.30. The number of esters is 1. The van der Waals surface area contributed by atoms with Gasteiger partial charge < -0.3 is 9.47 Å². The van der Waals surface area contributed by atoms with E-state index in [1.54, 1.807) is 0 Å². The van der Waals surface area contributed by atoms with Gasteiger partial charge in [-0.05, 0) is 6.92 Å². The van der Waals surface area contributed by atoms with E-state index < -0.39 is 12.1 Å². The number of hydrogen-bond acceptors (Lipinski definition) is 7. The predicted molar refractivity (Wildman–Crippen MR) is 107 cm³/mol. The maximum Gasteiger partial charge on any atom is 0.427 e. The van der Waals surface area contributed by atoms with Crippen molar-refractivity contribution in [1.29, 1.82) is 0 Å². The monoisotopic (exact) mass is 380 g/mol. The Morgan fingerprint density at radius 3 is 1.82 bits per heavy atom. The summed E-state index contributed by atoms with van der Waals surface area (Å²) >= 11 is 0. The summed E-state index contributed by atoms with van der Waals surface area (Å²) in [4.78, 5) is 23.3. The summed E-state index contributed by atoms with van der Waals surface area (Å²) in [5, 5.41) is 12.1. The molecule has 1 amide bonds. The number of nitrogens with one attached hydrogen (secondary N) is 1. The summed E-state index contributed by atoms with van der Waals surface area (Å²) in [6, 6.07) is 18.9. The van der Waals surface area contributed by atoms with E-state index >= 15 is 0 Å². The third kappa shape index (κ3) is 5.60. The zero-order valence-corrected chi connectivity index (χ0v) is 15.7. The third-order valence-corrected chi connectivity index (χ3v) is 3.57. The number of nitrogens with zero attached hydrogens (tertiary/aromatic N) is 3. The number of carbonyl (C=O) groups excluding carboxylic acids is 2. The molecule has 0 atom stereocenters. The summed E-state index contributed by atoms with van der Waals surface area (Å²) in [5.41, 5.74) is 4.31. The minimum Gasteiger partial charge on any atom is -0.464 e. The second-order valence-corrected chi connectivity index (χ2v) is 5.42. The van der Waals surface area contributed by atoms with Crippen LogP contribution in [0.3, 0.4) is 0 Å². The number of hydrogen-bond donors (Lipinski definition) is 1. The number of methoxy groups -OCH3 is 2. The molecule has 28 heavy (non-hydrogen) atoms. The van der Waals surface area contributed by atoms with Crippen LogP contribution < -0.4 is 5.43 Å². The molecule has 2 aromatic carbocycles. The standard InChI is InChI=1S/C20H20N4O4/c1-14(21-24-20(26)28-3)17(19(25)27-2)22-23-18(15-10-6-4-7-11-15)16-12-8-5-9-13-16/h4-13H,1-3H3,(H,24,26)/b21-14+,22-17-. The van der Waals surface area contributed by atoms with Crippen LogP contribution in [0.15, 0.2) is 76.0 Å². The van der Waals surface area contributed by atoms with Crippen LogP contribution in [0.1, 0.15) is 18.1 Å². The number of amides is 1. The maximum atomic E-state index is 12.1. The number of rotatable bonds is 6. The Labute approximate surface area is 162 Å². The highest BCUT2D eigenvalue weighted by Gasteiger charge is 2.17. The van der Waals surface area contributed by atoms with Crippen molar-refractivity contribution in [2.24, 2.45) is 15.3 Å². The lowest BCUT2D eigenvalue weighted by Gasteiger charge is -2.07. The van der Waals surface area contributed by atoms with Gasteiger partial charge in [-0.3, -0.25) is 0 Å². The minimum atomic E-state index is -0.777. The summed E-state index contributed by atoms with van der Waals surface area (Å²) in [7, 11) is 2.42. The fourth-order valence-electron chi connectivity index (χ4n) is 2.16. The van der Waals surface area contributed by atoms with Gasteiger partial charge in [0.2, 0.25) is 0 Å². The molecule has 2 rings (SSSR count). The second kappa shape index (κ2) is 10.4. The van der Waals surface area contributed by atoms with Crippen molar-refractivity contribution in [2.75, 3.05) is 14.2 Å². The largest absolute Gasteiger partial charge is 0.464 e. The van der Waals surface area contributed by atoms with Crippen LogP contribution in [0.4, 0.5) is 4.79 Å². The minimum absolute atomic E-state index is 0.112. The smallest absolute Gasteiger partial charge is 0.427 e. The number of benzene rings is 2. The highest BCUT2D eigenvalue weighted by Crippen LogP contribution is 2.11. The van der Waals surface area contributed by atoms with E-state index in [0.717, 1.165) is 11.1 Å². The molecule has 0 aliphatic heterocycles. The number of carbonyl (C=O) groups is 2. The highest BCUT2D eigenvalue weighted by molar-refractivity contribution is 6.65. The van der Waals surface area contributed by atoms with Crippen LogP contribution in [0.5, 0.6) is 0 Å². The molecule has 0 unspecified atom stereocenters. The van der Waals surface area contributed by atoms with Gasteiger partial charge in [0.05, 0.1) is 19.9 Å². The lowest BCUT2D eigenvalue weighted by atomic mass is 10.0. The Morgan fingerprint density at radius 1 is 0.821 bits per heavy atom. The fourth-order valence-corrected chi connectivity index (χ4v) is 2.16. The molecule has 2 aromatic rings. The molecule has 0 saturated heterocycles. The molecule has 8 nitrogen and oxygen atoms in total. The van der Waals surface area contributed by atoms with Gasteiger partial charge in [0, 0.05) is 11.1 Å². The lowest BCUT2D eigenvalue weighted by Crippen LogP contribution is -2.27. The van der Waals surface area contributed by atoms with Crippen molar-refractivity contribution >= 4 is 29.2 Å². The van der Waals surface area contributed by atoms with Gasteiger partial charge >= 0.3 is 12.1 Å². The summed E-state index contributed by atoms with van der Waals surface area (Å²) in [5.74, 6) is -0.739. The van der Waals surface area contributed by atoms with Crippen molar-refractivity contribution in [3.05, 3.63) is 71.8 Å². The van der Waals surface area contributed by atoms with Crippen LogP contribution in [0.2, 0.25) is 0 Å². The Bertz CT molecular complexity index is 865. The molecule has 8 heteroatoms. The zero-order chi connectivity index (χ0) is 20.4. The van der Waals surface area contributed by atoms with E-state index in [-0.39, 0.29) is 11.4 Å². The van der Waals surface area contributed by atoms with Gasteiger partial charge in [-0.2, -0.15) is 5.10 Å². The van der Waals surface area contributed by atoms with E-state index in [1.807, 2.05) is 60.7 Å². The van der Waals surface area contributed by atoms with Gasteiger partial charge in [0.1, 0.15) is 5.71 Å². The molecular weight excluding hydrogens is 360 g/mol. The first-order valence-electron chi connectivity index (χ1n) is 8.30. The molecule has 0 radical (unpaired) electrons. The molecular formula is C20H20N4O4. The Morgan fingerprint density at radius 2 is 1.36 bits per heavy atom. The maximum absolute atomic E-state index is 12.1. The quantitative estimate of drug-likeness (QED) is 0.473. The molecule has 0 heterocycles. The van der Waals surface area contributed by atoms with Crippen molar-refractivity contribution in [3.8, 4) is 0 Å². The molecule has 1 N–H and O–H groups in total. The predicted octanol–water partition coefficient (Wildman–Crippen LogP) is 2.78. The second-order valence-electron chi connectivity index (χ2n) is 5.42. The van der Waals surface area contributed by atoms with E-state index in [4.69, 9.17) is 4.74 Å². The van der Waals surface area contributed by atoms with Gasteiger partial charge in [-0.15, -0.1) is 10.2 Å². The van der Waals surface area contributed by atoms with Gasteiger partial charge in [0.25, 0.3) is 0 Å². The van der Waals surface area contributed by atoms with Gasteiger partial charge in [0.15, 0.2) is 5.71 Å². The number of hydrazone groups is 1. The van der Waals surface area contributed by atoms with E-state index in [0.29, 0.717) is 5.71 Å². The first-order chi connectivity index (χ1) is 13.6. The van der Waals surface area contributed by atoms with E-state index in [9.17, 15) is 9.59 Å². The lowest BCUT2D eigenvalue weighted by molar-refractivity contribution is -0.132. The Kier molecular flexibility index (Phi) is 7.59. The average Bonchev–Trinajstić information content (AvgIpc) is 2.75. The van der Waals surface area contributed by atoms with Crippen molar-refractivity contribution in [1.82, 2.24) is 5.43 Å². The molecule has 0 spiro atoms. The van der Waals surface area contributed by atoms with E-state index in [2.05, 4.69) is 25.5 Å². The molecule has 0 bridgehead atoms. The van der Waals surface area contributed by atoms with Crippen LogP contribution in [0.25, 0.3) is 0 Å². The van der Waals surface area contributed by atoms with Crippen molar-refractivity contribution in [3.63, 3.8) is 0 Å². The van der Waals surface area contributed by atoms with Crippen LogP contribution in [-0.4, -0.2) is 43.4 Å². The molecule has 144 valence electrons. The summed E-state index contributed by atoms with van der Waals surface area (Å²) < 4.78 is 9.19. The molecule has 0 aliphatic carbocycles. The number of ether oxygens (including phenoxy) is 2. The topological polar surface area (TPSA) is 102 Å². The Hall–Kier alpha value is -3.81. The molecule has 0 aromatic heterocycles.